The summed E-state index contributed by atoms with van der Waals surface area (Å²) in [6, 6.07) is 20.3. The summed E-state index contributed by atoms with van der Waals surface area (Å²) >= 11 is 12.2. The first kappa shape index (κ1) is 31.8. The van der Waals surface area contributed by atoms with E-state index >= 15 is 0 Å². The second kappa shape index (κ2) is 14.3. The van der Waals surface area contributed by atoms with E-state index in [-0.39, 0.29) is 29.6 Å². The number of nitrogens with one attached hydrogen (secondary N) is 2. The average Bonchev–Trinajstić information content (AvgIpc) is 3.33. The largest absolute Gasteiger partial charge is 0.494 e. The van der Waals surface area contributed by atoms with Crippen LogP contribution in [0.3, 0.4) is 0 Å². The van der Waals surface area contributed by atoms with Crippen LogP contribution in [0.15, 0.2) is 82.7 Å². The van der Waals surface area contributed by atoms with Crippen molar-refractivity contribution in [2.24, 2.45) is 4.99 Å². The van der Waals surface area contributed by atoms with E-state index in [2.05, 4.69) is 10.9 Å². The van der Waals surface area contributed by atoms with Gasteiger partial charge in [-0.05, 0) is 73.9 Å². The number of benzene rings is 3. The molecule has 0 aliphatic carbocycles. The van der Waals surface area contributed by atoms with Crippen molar-refractivity contribution < 1.29 is 27.8 Å². The van der Waals surface area contributed by atoms with Crippen molar-refractivity contribution in [1.29, 1.82) is 0 Å². The van der Waals surface area contributed by atoms with Gasteiger partial charge in [0.25, 0.3) is 5.91 Å². The Morgan fingerprint density at radius 1 is 1.10 bits per heavy atom. The van der Waals surface area contributed by atoms with Crippen molar-refractivity contribution in [1.82, 2.24) is 10.9 Å². The zero-order chi connectivity index (χ0) is 30.2. The smallest absolute Gasteiger partial charge is 0.266 e. The fourth-order valence-electron chi connectivity index (χ4n) is 4.46. The minimum Gasteiger partial charge on any atom is -0.494 e. The van der Waals surface area contributed by atoms with Crippen molar-refractivity contribution in [3.63, 3.8) is 0 Å². The van der Waals surface area contributed by atoms with E-state index in [1.165, 1.54) is 12.1 Å². The SMILES string of the molecule is C[C@@H]1OC(c2ccc(OCCCO)cc2)=N[C@]1(CCS(=O)(=O)c1ccccc1)C(=O)NNCCc1ccc(Cl)cc1Cl. The van der Waals surface area contributed by atoms with E-state index in [0.29, 0.717) is 47.4 Å². The molecule has 3 aromatic rings. The first-order valence-electron chi connectivity index (χ1n) is 13.5. The summed E-state index contributed by atoms with van der Waals surface area (Å²) in [4.78, 5) is 18.6. The average molecular weight is 635 g/mol. The summed E-state index contributed by atoms with van der Waals surface area (Å²) < 4.78 is 37.9. The van der Waals surface area contributed by atoms with Crippen molar-refractivity contribution in [2.75, 3.05) is 25.5 Å². The van der Waals surface area contributed by atoms with Gasteiger partial charge in [-0.25, -0.2) is 18.8 Å². The molecule has 3 N–H and O–H groups in total. The Balaban J connectivity index is 1.52. The molecule has 0 fully saturated rings. The van der Waals surface area contributed by atoms with Gasteiger partial charge in [0, 0.05) is 35.2 Å². The number of ether oxygens (including phenoxy) is 2. The Bertz CT molecular complexity index is 1500. The number of aliphatic imine (C=N–C) groups is 1. The number of amides is 1. The molecule has 12 heteroatoms. The highest BCUT2D eigenvalue weighted by Crippen LogP contribution is 2.33. The highest BCUT2D eigenvalue weighted by Gasteiger charge is 2.50. The van der Waals surface area contributed by atoms with E-state index in [1.807, 2.05) is 6.07 Å². The summed E-state index contributed by atoms with van der Waals surface area (Å²) in [5.74, 6) is 0.0123. The highest BCUT2D eigenvalue weighted by molar-refractivity contribution is 7.91. The minimum atomic E-state index is -3.70. The standard InChI is InChI=1S/C30H33Cl2N3O6S/c1-21-30(15-19-42(38,39)26-6-3-2-4-7-26,29(37)35-33-16-14-22-8-11-24(31)20-27(22)32)34-28(41-21)23-9-12-25(13-10-23)40-18-5-17-36/h2-4,6-13,20-21,33,36H,5,14-19H2,1H3,(H,35,37)/t21-,30-/m0/s1. The number of aliphatic hydroxyl groups excluding tert-OH is 1. The number of nitrogens with zero attached hydrogens (tertiary/aromatic N) is 1. The molecule has 0 saturated carbocycles. The number of rotatable bonds is 14. The van der Waals surface area contributed by atoms with Gasteiger partial charge in [-0.1, -0.05) is 47.5 Å². The molecular formula is C30H33Cl2N3O6S. The van der Waals surface area contributed by atoms with Gasteiger partial charge in [0.15, 0.2) is 15.4 Å². The fraction of sp³-hybridized carbons (Fsp3) is 0.333. The molecule has 9 nitrogen and oxygen atoms in total. The number of halogens is 2. The fourth-order valence-corrected chi connectivity index (χ4v) is 6.35. The Labute approximate surface area is 255 Å². The van der Waals surface area contributed by atoms with Crippen LogP contribution in [0, 0.1) is 0 Å². The third-order valence-electron chi connectivity index (χ3n) is 6.92. The van der Waals surface area contributed by atoms with Gasteiger partial charge in [0.05, 0.1) is 17.3 Å². The molecule has 2 atom stereocenters. The molecule has 42 heavy (non-hydrogen) atoms. The van der Waals surface area contributed by atoms with Crippen LogP contribution in [0.25, 0.3) is 0 Å². The zero-order valence-electron chi connectivity index (χ0n) is 23.1. The number of carbonyl (C=O) groups excluding carboxylic acids is 1. The lowest BCUT2D eigenvalue weighted by molar-refractivity contribution is -0.129. The van der Waals surface area contributed by atoms with Gasteiger partial charge >= 0.3 is 0 Å². The topological polar surface area (TPSA) is 126 Å². The Kier molecular flexibility index (Phi) is 10.9. The van der Waals surface area contributed by atoms with E-state index in [1.54, 1.807) is 61.5 Å². The molecule has 1 heterocycles. The molecule has 1 aliphatic rings. The maximum absolute atomic E-state index is 13.7. The number of carbonyl (C=O) groups is 1. The Hall–Kier alpha value is -3.15. The van der Waals surface area contributed by atoms with E-state index in [4.69, 9.17) is 42.8 Å². The van der Waals surface area contributed by atoms with Gasteiger partial charge in [0.1, 0.15) is 11.9 Å². The van der Waals surface area contributed by atoms with Crippen LogP contribution >= 0.6 is 23.2 Å². The lowest BCUT2D eigenvalue weighted by Crippen LogP contribution is -2.55. The van der Waals surface area contributed by atoms with Gasteiger partial charge in [0.2, 0.25) is 5.90 Å². The maximum Gasteiger partial charge on any atom is 0.266 e. The third kappa shape index (κ3) is 7.81. The minimum absolute atomic E-state index is 0.0362. The van der Waals surface area contributed by atoms with Crippen LogP contribution in [0.5, 0.6) is 5.75 Å². The van der Waals surface area contributed by atoms with Crippen LogP contribution in [0.4, 0.5) is 0 Å². The van der Waals surface area contributed by atoms with Gasteiger partial charge in [-0.2, -0.15) is 0 Å². The van der Waals surface area contributed by atoms with E-state index < -0.39 is 27.4 Å². The van der Waals surface area contributed by atoms with Crippen molar-refractivity contribution in [2.45, 2.75) is 42.7 Å². The number of hydrazine groups is 1. The first-order chi connectivity index (χ1) is 20.1. The molecule has 0 unspecified atom stereocenters. The van der Waals surface area contributed by atoms with Crippen LogP contribution < -0.4 is 15.6 Å². The predicted molar refractivity (Wildman–Crippen MR) is 163 cm³/mol. The van der Waals surface area contributed by atoms with Crippen molar-refractivity contribution in [3.8, 4) is 5.75 Å². The van der Waals surface area contributed by atoms with Crippen LogP contribution in [0.1, 0.15) is 30.9 Å². The number of hydrogen-bond donors (Lipinski definition) is 3. The van der Waals surface area contributed by atoms with Crippen LogP contribution in [-0.2, 0) is 25.8 Å². The predicted octanol–water partition coefficient (Wildman–Crippen LogP) is 4.39. The first-order valence-corrected chi connectivity index (χ1v) is 15.9. The third-order valence-corrected chi connectivity index (χ3v) is 9.24. The molecule has 3 aromatic carbocycles. The normalized spacial score (nSPS) is 18.3. The zero-order valence-corrected chi connectivity index (χ0v) is 25.4. The summed E-state index contributed by atoms with van der Waals surface area (Å²) in [6.45, 7) is 2.47. The number of aliphatic hydroxyl groups is 1. The summed E-state index contributed by atoms with van der Waals surface area (Å²) in [5.41, 5.74) is 5.57. The Morgan fingerprint density at radius 3 is 2.52 bits per heavy atom. The van der Waals surface area contributed by atoms with E-state index in [0.717, 1.165) is 5.56 Å². The molecule has 1 amide bonds. The van der Waals surface area contributed by atoms with Gasteiger partial charge in [-0.15, -0.1) is 0 Å². The Morgan fingerprint density at radius 2 is 1.83 bits per heavy atom. The molecular weight excluding hydrogens is 601 g/mol. The summed E-state index contributed by atoms with van der Waals surface area (Å²) in [7, 11) is -3.70. The molecule has 0 radical (unpaired) electrons. The molecule has 1 aliphatic heterocycles. The monoisotopic (exact) mass is 633 g/mol. The maximum atomic E-state index is 13.7. The molecule has 0 aromatic heterocycles. The van der Waals surface area contributed by atoms with Crippen molar-refractivity contribution >= 4 is 44.8 Å². The summed E-state index contributed by atoms with van der Waals surface area (Å²) in [5, 5.41) is 10.0. The lowest BCUT2D eigenvalue weighted by atomic mass is 9.90. The van der Waals surface area contributed by atoms with E-state index in [9.17, 15) is 13.2 Å². The molecule has 0 bridgehead atoms. The molecule has 224 valence electrons. The number of hydrogen-bond acceptors (Lipinski definition) is 8. The van der Waals surface area contributed by atoms with Gasteiger partial charge in [-0.3, -0.25) is 10.2 Å². The van der Waals surface area contributed by atoms with Crippen molar-refractivity contribution in [3.05, 3.63) is 94.0 Å². The lowest BCUT2D eigenvalue weighted by Gasteiger charge is -2.28. The quantitative estimate of drug-likeness (QED) is 0.178. The number of sulfone groups is 1. The van der Waals surface area contributed by atoms with Crippen LogP contribution in [0.2, 0.25) is 10.0 Å². The second-order valence-electron chi connectivity index (χ2n) is 9.80. The van der Waals surface area contributed by atoms with Crippen LogP contribution in [-0.4, -0.2) is 62.5 Å². The molecule has 4 rings (SSSR count). The summed E-state index contributed by atoms with van der Waals surface area (Å²) in [6.07, 6.45) is 0.165. The molecule has 0 saturated heterocycles. The highest BCUT2D eigenvalue weighted by atomic mass is 35.5. The van der Waals surface area contributed by atoms with Gasteiger partial charge < -0.3 is 14.6 Å². The molecule has 0 spiro atoms. The second-order valence-corrected chi connectivity index (χ2v) is 12.8.